The van der Waals surface area contributed by atoms with Gasteiger partial charge >= 0.3 is 0 Å². The normalized spacial score (nSPS) is 29.0. The second-order valence-corrected chi connectivity index (χ2v) is 7.92. The number of guanidine groups is 1. The average molecular weight is 517 g/mol. The zero-order valence-corrected chi connectivity index (χ0v) is 18.5. The maximum Gasteiger partial charge on any atom is 0.193 e. The van der Waals surface area contributed by atoms with Crippen LogP contribution in [0.25, 0.3) is 0 Å². The summed E-state index contributed by atoms with van der Waals surface area (Å²) in [6.45, 7) is 4.42. The van der Waals surface area contributed by atoms with Crippen LogP contribution in [0.1, 0.15) is 24.3 Å². The van der Waals surface area contributed by atoms with Crippen molar-refractivity contribution in [1.82, 2.24) is 15.1 Å². The third-order valence-corrected chi connectivity index (χ3v) is 5.97. The smallest absolute Gasteiger partial charge is 0.193 e. The third kappa shape index (κ3) is 4.39. The quantitative estimate of drug-likeness (QED) is 0.289. The van der Waals surface area contributed by atoms with Crippen LogP contribution >= 0.6 is 39.9 Å². The van der Waals surface area contributed by atoms with Gasteiger partial charge < -0.3 is 10.2 Å². The summed E-state index contributed by atoms with van der Waals surface area (Å²) in [5.41, 5.74) is 1.42. The van der Waals surface area contributed by atoms with Gasteiger partial charge in [0.05, 0.1) is 0 Å². The second-order valence-electron chi connectivity index (χ2n) is 7.01. The van der Waals surface area contributed by atoms with Crippen LogP contribution in [0, 0.1) is 0 Å². The molecule has 2 fully saturated rings. The highest BCUT2D eigenvalue weighted by atomic mass is 127. The van der Waals surface area contributed by atoms with Gasteiger partial charge in [0.15, 0.2) is 5.96 Å². The van der Waals surface area contributed by atoms with Gasteiger partial charge in [-0.3, -0.25) is 9.89 Å². The van der Waals surface area contributed by atoms with Crippen molar-refractivity contribution in [2.75, 3.05) is 33.2 Å². The molecule has 1 aromatic carbocycles. The first-order valence-corrected chi connectivity index (χ1v) is 9.66. The highest BCUT2D eigenvalue weighted by Gasteiger charge is 2.40. The first kappa shape index (κ1) is 19.2. The summed E-state index contributed by atoms with van der Waals surface area (Å²) in [6, 6.07) is 9.91. The van der Waals surface area contributed by atoms with Crippen LogP contribution in [0.3, 0.4) is 0 Å². The van der Waals surface area contributed by atoms with E-state index in [9.17, 15) is 0 Å². The molecule has 0 radical (unpaired) electrons. The average Bonchev–Trinajstić information content (AvgIpc) is 3.01. The van der Waals surface area contributed by atoms with Crippen molar-refractivity contribution in [3.8, 4) is 0 Å². The molecule has 6 heteroatoms. The molecule has 1 saturated heterocycles. The highest BCUT2D eigenvalue weighted by Crippen LogP contribution is 2.41. The van der Waals surface area contributed by atoms with Crippen LogP contribution in [0.2, 0.25) is 0 Å². The molecule has 1 saturated carbocycles. The number of rotatable bonds is 3. The fourth-order valence-electron chi connectivity index (χ4n) is 3.92. The van der Waals surface area contributed by atoms with Crippen molar-refractivity contribution >= 4 is 45.9 Å². The number of nitrogens with one attached hydrogen (secondary N) is 1. The Kier molecular flexibility index (Phi) is 6.44. The largest absolute Gasteiger partial charge is 0.353 e. The molecule has 2 heterocycles. The zero-order valence-electron chi connectivity index (χ0n) is 14.6. The summed E-state index contributed by atoms with van der Waals surface area (Å²) >= 11 is 3.51. The molecule has 0 aromatic heterocycles. The fraction of sp³-hybridized carbons (Fsp3) is 0.526. The predicted molar refractivity (Wildman–Crippen MR) is 118 cm³/mol. The molecule has 2 aliphatic heterocycles. The van der Waals surface area contributed by atoms with Crippen LogP contribution in [-0.4, -0.2) is 61.1 Å². The lowest BCUT2D eigenvalue weighted by Crippen LogP contribution is -2.43. The second kappa shape index (κ2) is 8.39. The van der Waals surface area contributed by atoms with Crippen molar-refractivity contribution in [3.05, 3.63) is 46.5 Å². The van der Waals surface area contributed by atoms with E-state index in [0.717, 1.165) is 36.6 Å². The monoisotopic (exact) mass is 516 g/mol. The van der Waals surface area contributed by atoms with Gasteiger partial charge in [-0.1, -0.05) is 40.2 Å². The number of nitrogens with zero attached hydrogens (tertiary/aromatic N) is 3. The van der Waals surface area contributed by atoms with E-state index in [1.54, 1.807) is 0 Å². The number of halogens is 2. The van der Waals surface area contributed by atoms with Crippen LogP contribution in [0.4, 0.5) is 0 Å². The Hall–Kier alpha value is -0.600. The van der Waals surface area contributed by atoms with Gasteiger partial charge in [0.2, 0.25) is 0 Å². The van der Waals surface area contributed by atoms with E-state index < -0.39 is 0 Å². The molecule has 0 bridgehead atoms. The lowest BCUT2D eigenvalue weighted by Gasteiger charge is -2.25. The topological polar surface area (TPSA) is 30.9 Å². The van der Waals surface area contributed by atoms with Crippen LogP contribution in [-0.2, 0) is 0 Å². The summed E-state index contributed by atoms with van der Waals surface area (Å²) in [5.74, 6) is 1.70. The molecule has 0 amide bonds. The number of likely N-dealkylation sites (tertiary alicyclic amines) is 1. The van der Waals surface area contributed by atoms with E-state index in [0.29, 0.717) is 18.0 Å². The van der Waals surface area contributed by atoms with Crippen LogP contribution < -0.4 is 5.32 Å². The van der Waals surface area contributed by atoms with Crippen molar-refractivity contribution in [3.63, 3.8) is 0 Å². The fourth-order valence-corrected chi connectivity index (χ4v) is 4.19. The summed E-state index contributed by atoms with van der Waals surface area (Å²) in [5, 5.41) is 3.69. The Morgan fingerprint density at radius 1 is 1.20 bits per heavy atom. The maximum atomic E-state index is 4.54. The molecular weight excluding hydrogens is 491 g/mol. The van der Waals surface area contributed by atoms with Gasteiger partial charge in [-0.05, 0) is 30.5 Å². The van der Waals surface area contributed by atoms with Crippen molar-refractivity contribution in [2.45, 2.75) is 30.8 Å². The molecule has 0 spiro atoms. The number of aliphatic imine (C=N–C) groups is 1. The van der Waals surface area contributed by atoms with E-state index >= 15 is 0 Å². The molecule has 1 aromatic rings. The van der Waals surface area contributed by atoms with Crippen LogP contribution in [0.5, 0.6) is 0 Å². The standard InChI is InChI=1S/C19H25BrN4.HI/c1-21-19(24-11-8-16(13-24)23-9-2-3-10-23)22-18-12-17(18)14-4-6-15(20)7-5-14;/h2-7,16-18H,8-13H2,1H3,(H,21,22);1H. The van der Waals surface area contributed by atoms with Crippen molar-refractivity contribution in [2.24, 2.45) is 4.99 Å². The van der Waals surface area contributed by atoms with Gasteiger partial charge in [0.25, 0.3) is 0 Å². The van der Waals surface area contributed by atoms with Gasteiger partial charge in [-0.25, -0.2) is 0 Å². The summed E-state index contributed by atoms with van der Waals surface area (Å²) in [4.78, 5) is 9.54. The van der Waals surface area contributed by atoms with Crippen molar-refractivity contribution in [1.29, 1.82) is 0 Å². The van der Waals surface area contributed by atoms with Gasteiger partial charge in [0.1, 0.15) is 0 Å². The number of benzene rings is 1. The Morgan fingerprint density at radius 2 is 1.92 bits per heavy atom. The Morgan fingerprint density at radius 3 is 2.60 bits per heavy atom. The van der Waals surface area contributed by atoms with Gasteiger partial charge in [-0.2, -0.15) is 0 Å². The molecule has 1 aliphatic carbocycles. The predicted octanol–water partition coefficient (Wildman–Crippen LogP) is 3.44. The number of hydrogen-bond acceptors (Lipinski definition) is 2. The summed E-state index contributed by atoms with van der Waals surface area (Å²) < 4.78 is 1.15. The van der Waals surface area contributed by atoms with E-state index in [1.807, 2.05) is 7.05 Å². The van der Waals surface area contributed by atoms with Crippen molar-refractivity contribution < 1.29 is 0 Å². The maximum absolute atomic E-state index is 4.54. The van der Waals surface area contributed by atoms with E-state index in [2.05, 4.69) is 72.5 Å². The Balaban J connectivity index is 0.00000182. The molecule has 3 atom stereocenters. The molecule has 4 nitrogen and oxygen atoms in total. The molecular formula is C19H26BrIN4. The summed E-state index contributed by atoms with van der Waals surface area (Å²) in [7, 11) is 1.91. The summed E-state index contributed by atoms with van der Waals surface area (Å²) in [6.07, 6.45) is 7.00. The minimum absolute atomic E-state index is 0. The minimum atomic E-state index is 0. The molecule has 1 N–H and O–H groups in total. The van der Waals surface area contributed by atoms with Gasteiger partial charge in [-0.15, -0.1) is 24.0 Å². The van der Waals surface area contributed by atoms with Crippen LogP contribution in [0.15, 0.2) is 45.9 Å². The Bertz CT molecular complexity index is 637. The minimum Gasteiger partial charge on any atom is -0.353 e. The SMILES string of the molecule is CN=C(NC1CC1c1ccc(Br)cc1)N1CCC(N2CC=CC2)C1.I. The van der Waals surface area contributed by atoms with E-state index in [-0.39, 0.29) is 24.0 Å². The molecule has 3 aliphatic rings. The molecule has 4 rings (SSSR count). The highest BCUT2D eigenvalue weighted by molar-refractivity contribution is 14.0. The lowest BCUT2D eigenvalue weighted by molar-refractivity contribution is 0.259. The van der Waals surface area contributed by atoms with Gasteiger partial charge in [0, 0.05) is 55.7 Å². The first-order chi connectivity index (χ1) is 11.7. The lowest BCUT2D eigenvalue weighted by atomic mass is 10.1. The van der Waals surface area contributed by atoms with E-state index in [1.165, 1.54) is 18.4 Å². The zero-order chi connectivity index (χ0) is 16.5. The molecule has 3 unspecified atom stereocenters. The molecule has 25 heavy (non-hydrogen) atoms. The number of hydrogen-bond donors (Lipinski definition) is 1. The third-order valence-electron chi connectivity index (χ3n) is 5.44. The first-order valence-electron chi connectivity index (χ1n) is 8.87. The van der Waals surface area contributed by atoms with E-state index in [4.69, 9.17) is 0 Å². The molecule has 136 valence electrons. The Labute approximate surface area is 175 Å².